The average Bonchev–Trinajstić information content (AvgIpc) is 2.40. The molecule has 0 unspecified atom stereocenters. The van der Waals surface area contributed by atoms with Gasteiger partial charge in [0.2, 0.25) is 0 Å². The molecule has 1 aromatic rings. The number of aromatic nitrogens is 1. The summed E-state index contributed by atoms with van der Waals surface area (Å²) in [6, 6.07) is 1.17. The van der Waals surface area contributed by atoms with E-state index in [0.29, 0.717) is 19.7 Å². The van der Waals surface area contributed by atoms with Gasteiger partial charge in [-0.3, -0.25) is 0 Å². The van der Waals surface area contributed by atoms with Crippen LogP contribution in [-0.4, -0.2) is 41.9 Å². The first-order chi connectivity index (χ1) is 9.13. The molecular weight excluding hydrogens is 251 g/mol. The topological polar surface area (TPSA) is 62.7 Å². The highest BCUT2D eigenvalue weighted by Crippen LogP contribution is 2.24. The molecule has 1 aliphatic heterocycles. The van der Waals surface area contributed by atoms with Gasteiger partial charge < -0.3 is 14.7 Å². The molecule has 1 fully saturated rings. The first-order valence-corrected chi connectivity index (χ1v) is 6.37. The van der Waals surface area contributed by atoms with Crippen LogP contribution in [0.15, 0.2) is 12.3 Å². The van der Waals surface area contributed by atoms with Gasteiger partial charge in [0.05, 0.1) is 6.10 Å². The summed E-state index contributed by atoms with van der Waals surface area (Å²) in [6.45, 7) is 3.87. The summed E-state index contributed by atoms with van der Waals surface area (Å²) in [5.41, 5.74) is -0.336. The SMILES string of the molecule is CCOC1CCN(c2nccc(C(=O)O)c2F)CC1. The zero-order valence-electron chi connectivity index (χ0n) is 10.8. The van der Waals surface area contributed by atoms with E-state index in [1.54, 1.807) is 4.90 Å². The van der Waals surface area contributed by atoms with Gasteiger partial charge in [-0.2, -0.15) is 0 Å². The highest BCUT2D eigenvalue weighted by Gasteiger charge is 2.24. The molecule has 0 bridgehead atoms. The zero-order valence-corrected chi connectivity index (χ0v) is 10.8. The number of halogens is 1. The van der Waals surface area contributed by atoms with E-state index < -0.39 is 11.8 Å². The van der Waals surface area contributed by atoms with E-state index in [1.807, 2.05) is 6.92 Å². The van der Waals surface area contributed by atoms with Crippen molar-refractivity contribution in [2.24, 2.45) is 0 Å². The molecule has 0 spiro atoms. The van der Waals surface area contributed by atoms with Crippen molar-refractivity contribution in [3.8, 4) is 0 Å². The van der Waals surface area contributed by atoms with Gasteiger partial charge in [0.1, 0.15) is 5.56 Å². The standard InChI is InChI=1S/C13H17FN2O3/c1-2-19-9-4-7-16(8-5-9)12-11(14)10(13(17)18)3-6-15-12/h3,6,9H,2,4-5,7-8H2,1H3,(H,17,18). The average molecular weight is 268 g/mol. The number of pyridine rings is 1. The number of piperidine rings is 1. The maximum atomic E-state index is 14.0. The van der Waals surface area contributed by atoms with Crippen molar-refractivity contribution < 1.29 is 19.0 Å². The number of carbonyl (C=O) groups is 1. The quantitative estimate of drug-likeness (QED) is 0.904. The Hall–Kier alpha value is -1.69. The maximum absolute atomic E-state index is 14.0. The van der Waals surface area contributed by atoms with Gasteiger partial charge in [-0.1, -0.05) is 0 Å². The Kier molecular flexibility index (Phi) is 4.31. The van der Waals surface area contributed by atoms with Gasteiger partial charge in [-0.25, -0.2) is 14.2 Å². The van der Waals surface area contributed by atoms with Crippen molar-refractivity contribution in [3.63, 3.8) is 0 Å². The number of aromatic carboxylic acids is 1. The van der Waals surface area contributed by atoms with E-state index >= 15 is 0 Å². The normalized spacial score (nSPS) is 16.6. The predicted molar refractivity (Wildman–Crippen MR) is 68.0 cm³/mol. The minimum Gasteiger partial charge on any atom is -0.478 e. The lowest BCUT2D eigenvalue weighted by atomic mass is 10.1. The van der Waals surface area contributed by atoms with Gasteiger partial charge in [0.25, 0.3) is 0 Å². The molecule has 6 heteroatoms. The third kappa shape index (κ3) is 3.01. The Morgan fingerprint density at radius 1 is 1.58 bits per heavy atom. The van der Waals surface area contributed by atoms with Gasteiger partial charge in [-0.15, -0.1) is 0 Å². The third-order valence-electron chi connectivity index (χ3n) is 3.25. The summed E-state index contributed by atoms with van der Waals surface area (Å²) in [6.07, 6.45) is 3.13. The Balaban J connectivity index is 2.11. The minimum atomic E-state index is -1.27. The fraction of sp³-hybridized carbons (Fsp3) is 0.538. The summed E-state index contributed by atoms with van der Waals surface area (Å²) < 4.78 is 19.6. The zero-order chi connectivity index (χ0) is 13.8. The molecule has 19 heavy (non-hydrogen) atoms. The summed E-state index contributed by atoms with van der Waals surface area (Å²) in [5.74, 6) is -1.91. The Morgan fingerprint density at radius 2 is 2.26 bits per heavy atom. The monoisotopic (exact) mass is 268 g/mol. The van der Waals surface area contributed by atoms with Gasteiger partial charge in [0, 0.05) is 25.9 Å². The molecule has 1 N–H and O–H groups in total. The number of hydrogen-bond acceptors (Lipinski definition) is 4. The van der Waals surface area contributed by atoms with Crippen molar-refractivity contribution in [3.05, 3.63) is 23.6 Å². The first kappa shape index (κ1) is 13.7. The number of rotatable bonds is 4. The minimum absolute atomic E-state index is 0.120. The molecular formula is C13H17FN2O3. The summed E-state index contributed by atoms with van der Waals surface area (Å²) in [5, 5.41) is 8.89. The van der Waals surface area contributed by atoms with Crippen LogP contribution in [0.3, 0.4) is 0 Å². The molecule has 1 saturated heterocycles. The van der Waals surface area contributed by atoms with Crippen molar-refractivity contribution in [2.45, 2.75) is 25.9 Å². The number of nitrogens with zero attached hydrogens (tertiary/aromatic N) is 2. The van der Waals surface area contributed by atoms with Crippen LogP contribution in [0.2, 0.25) is 0 Å². The van der Waals surface area contributed by atoms with E-state index in [-0.39, 0.29) is 17.5 Å². The van der Waals surface area contributed by atoms with Gasteiger partial charge in [0.15, 0.2) is 11.6 Å². The second-order valence-corrected chi connectivity index (χ2v) is 4.44. The molecule has 2 rings (SSSR count). The molecule has 0 atom stereocenters. The lowest BCUT2D eigenvalue weighted by Gasteiger charge is -2.32. The Bertz CT molecular complexity index is 459. The van der Waals surface area contributed by atoms with E-state index in [4.69, 9.17) is 9.84 Å². The third-order valence-corrected chi connectivity index (χ3v) is 3.25. The molecule has 0 aliphatic carbocycles. The molecule has 1 aliphatic rings. The van der Waals surface area contributed by atoms with Crippen molar-refractivity contribution in [1.29, 1.82) is 0 Å². The number of carboxylic acids is 1. The molecule has 2 heterocycles. The molecule has 5 nitrogen and oxygen atoms in total. The van der Waals surface area contributed by atoms with Gasteiger partial charge in [-0.05, 0) is 25.8 Å². The summed E-state index contributed by atoms with van der Waals surface area (Å²) in [4.78, 5) is 16.6. The summed E-state index contributed by atoms with van der Waals surface area (Å²) in [7, 11) is 0. The van der Waals surface area contributed by atoms with Crippen molar-refractivity contribution in [2.75, 3.05) is 24.6 Å². The number of ether oxygens (including phenoxy) is 1. The number of anilines is 1. The van der Waals surface area contributed by atoms with Crippen LogP contribution >= 0.6 is 0 Å². The predicted octanol–water partition coefficient (Wildman–Crippen LogP) is 1.92. The van der Waals surface area contributed by atoms with E-state index in [1.165, 1.54) is 12.3 Å². The molecule has 0 aromatic carbocycles. The van der Waals surface area contributed by atoms with Crippen LogP contribution in [-0.2, 0) is 4.74 Å². The Labute approximate surface area is 111 Å². The first-order valence-electron chi connectivity index (χ1n) is 6.37. The molecule has 1 aromatic heterocycles. The van der Waals surface area contributed by atoms with E-state index in [0.717, 1.165) is 12.8 Å². The highest BCUT2D eigenvalue weighted by atomic mass is 19.1. The Morgan fingerprint density at radius 3 is 2.84 bits per heavy atom. The smallest absolute Gasteiger partial charge is 0.338 e. The second-order valence-electron chi connectivity index (χ2n) is 4.44. The number of carboxylic acid groups (broad SMARTS) is 1. The lowest BCUT2D eigenvalue weighted by molar-refractivity contribution is 0.0457. The van der Waals surface area contributed by atoms with E-state index in [9.17, 15) is 9.18 Å². The van der Waals surface area contributed by atoms with Crippen molar-refractivity contribution >= 4 is 11.8 Å². The largest absolute Gasteiger partial charge is 0.478 e. The van der Waals surface area contributed by atoms with Crippen LogP contribution in [0.5, 0.6) is 0 Å². The molecule has 0 saturated carbocycles. The number of hydrogen-bond donors (Lipinski definition) is 1. The lowest BCUT2D eigenvalue weighted by Crippen LogP contribution is -2.38. The molecule has 0 radical (unpaired) electrons. The van der Waals surface area contributed by atoms with E-state index in [2.05, 4.69) is 4.98 Å². The molecule has 104 valence electrons. The van der Waals surface area contributed by atoms with Crippen LogP contribution < -0.4 is 4.90 Å². The van der Waals surface area contributed by atoms with Crippen LogP contribution in [0.25, 0.3) is 0 Å². The van der Waals surface area contributed by atoms with Crippen LogP contribution in [0.4, 0.5) is 10.2 Å². The fourth-order valence-electron chi connectivity index (χ4n) is 2.29. The molecule has 0 amide bonds. The van der Waals surface area contributed by atoms with Crippen LogP contribution in [0, 0.1) is 5.82 Å². The second kappa shape index (κ2) is 5.97. The summed E-state index contributed by atoms with van der Waals surface area (Å²) >= 11 is 0. The maximum Gasteiger partial charge on any atom is 0.338 e. The van der Waals surface area contributed by atoms with Crippen LogP contribution in [0.1, 0.15) is 30.1 Å². The van der Waals surface area contributed by atoms with Gasteiger partial charge >= 0.3 is 5.97 Å². The van der Waals surface area contributed by atoms with Crippen molar-refractivity contribution in [1.82, 2.24) is 4.98 Å². The highest BCUT2D eigenvalue weighted by molar-refractivity contribution is 5.88. The fourth-order valence-corrected chi connectivity index (χ4v) is 2.29.